The zero-order chi connectivity index (χ0) is 24.0. The molecule has 0 aliphatic rings. The summed E-state index contributed by atoms with van der Waals surface area (Å²) in [5, 5.41) is 1.02. The summed E-state index contributed by atoms with van der Waals surface area (Å²) in [6.07, 6.45) is 6.44. The first kappa shape index (κ1) is 25.1. The van der Waals surface area contributed by atoms with E-state index in [1.807, 2.05) is 62.2 Å². The number of carbonyl (C=O) groups is 1. The Bertz CT molecular complexity index is 1070. The number of aryl methyl sites for hydroxylation is 1. The number of carbonyl (C=O) groups excluding carboxylic acids is 1. The van der Waals surface area contributed by atoms with Gasteiger partial charge in [0.05, 0.1) is 28.0 Å². The predicted octanol–water partition coefficient (Wildman–Crippen LogP) is 4.87. The van der Waals surface area contributed by atoms with Crippen LogP contribution in [0.25, 0.3) is 11.0 Å². The van der Waals surface area contributed by atoms with Gasteiger partial charge in [-0.3, -0.25) is 9.78 Å². The molecule has 2 atom stereocenters. The Morgan fingerprint density at radius 1 is 1.18 bits per heavy atom. The number of furan rings is 1. The van der Waals surface area contributed by atoms with Crippen LogP contribution >= 0.6 is 0 Å². The summed E-state index contributed by atoms with van der Waals surface area (Å²) >= 11 is 0. The maximum absolute atomic E-state index is 13.8. The molecule has 0 saturated carbocycles. The van der Waals surface area contributed by atoms with Crippen LogP contribution in [0.3, 0.4) is 0 Å². The molecule has 0 spiro atoms. The van der Waals surface area contributed by atoms with Crippen LogP contribution in [0.1, 0.15) is 52.2 Å². The number of nitrogens with one attached hydrogen (secondary N) is 1. The van der Waals surface area contributed by atoms with E-state index in [2.05, 4.69) is 29.6 Å². The van der Waals surface area contributed by atoms with Gasteiger partial charge < -0.3 is 9.32 Å². The normalized spacial score (nSPS) is 13.9. The molecule has 178 valence electrons. The average molecular weight is 470 g/mol. The molecule has 0 aliphatic carbocycles. The molecule has 3 rings (SSSR count). The maximum atomic E-state index is 13.8. The fourth-order valence-electron chi connectivity index (χ4n) is 3.62. The Morgan fingerprint density at radius 2 is 1.97 bits per heavy atom. The quantitative estimate of drug-likeness (QED) is 0.460. The molecule has 2 heterocycles. The van der Waals surface area contributed by atoms with Crippen molar-refractivity contribution < 1.29 is 13.4 Å². The number of hydrogen-bond acceptors (Lipinski definition) is 4. The minimum atomic E-state index is -1.36. The van der Waals surface area contributed by atoms with Crippen molar-refractivity contribution in [1.29, 1.82) is 0 Å². The fourth-order valence-corrected chi connectivity index (χ4v) is 4.45. The lowest BCUT2D eigenvalue weighted by Gasteiger charge is -2.31. The van der Waals surface area contributed by atoms with Crippen LogP contribution in [-0.4, -0.2) is 37.3 Å². The SMILES string of the molecule is CC(C)CN(Cc1ccc2occc2c1)C(=O)[C@H](CCc1cccnc1)NS(=O)C(C)(C)C. The highest BCUT2D eigenvalue weighted by atomic mass is 32.2. The lowest BCUT2D eigenvalue weighted by Crippen LogP contribution is -2.50. The van der Waals surface area contributed by atoms with E-state index in [1.54, 1.807) is 12.5 Å². The molecule has 0 aliphatic heterocycles. The number of hydrogen-bond donors (Lipinski definition) is 1. The molecule has 0 fully saturated rings. The zero-order valence-corrected chi connectivity index (χ0v) is 21.0. The van der Waals surface area contributed by atoms with Crippen molar-refractivity contribution in [3.05, 3.63) is 66.2 Å². The highest BCUT2D eigenvalue weighted by Crippen LogP contribution is 2.20. The summed E-state index contributed by atoms with van der Waals surface area (Å²) in [6, 6.07) is 11.3. The molecule has 1 unspecified atom stereocenters. The number of fused-ring (bicyclic) bond motifs is 1. The van der Waals surface area contributed by atoms with Gasteiger partial charge in [-0.1, -0.05) is 26.0 Å². The van der Waals surface area contributed by atoms with E-state index in [0.717, 1.165) is 22.1 Å². The van der Waals surface area contributed by atoms with E-state index >= 15 is 0 Å². The zero-order valence-electron chi connectivity index (χ0n) is 20.2. The van der Waals surface area contributed by atoms with Gasteiger partial charge in [0.15, 0.2) is 0 Å². The van der Waals surface area contributed by atoms with Crippen molar-refractivity contribution in [3.8, 4) is 0 Å². The van der Waals surface area contributed by atoms with Crippen molar-refractivity contribution in [3.63, 3.8) is 0 Å². The topological polar surface area (TPSA) is 75.4 Å². The van der Waals surface area contributed by atoms with Crippen LogP contribution < -0.4 is 4.72 Å². The van der Waals surface area contributed by atoms with Crippen molar-refractivity contribution in [2.45, 2.75) is 64.8 Å². The molecule has 1 amide bonds. The third kappa shape index (κ3) is 7.24. The minimum Gasteiger partial charge on any atom is -0.464 e. The lowest BCUT2D eigenvalue weighted by atomic mass is 10.0. The Labute approximate surface area is 199 Å². The summed E-state index contributed by atoms with van der Waals surface area (Å²) < 4.78 is 21.0. The third-order valence-electron chi connectivity index (χ3n) is 5.34. The Balaban J connectivity index is 1.82. The van der Waals surface area contributed by atoms with Crippen LogP contribution in [0, 0.1) is 5.92 Å². The van der Waals surface area contributed by atoms with Gasteiger partial charge in [0.1, 0.15) is 5.58 Å². The molecule has 0 saturated heterocycles. The summed E-state index contributed by atoms with van der Waals surface area (Å²) in [4.78, 5) is 19.8. The number of rotatable bonds is 10. The number of aromatic nitrogens is 1. The molecule has 1 N–H and O–H groups in total. The number of benzene rings is 1. The number of pyridine rings is 1. The summed E-state index contributed by atoms with van der Waals surface area (Å²) in [5.41, 5.74) is 2.93. The molecule has 7 heteroatoms. The third-order valence-corrected chi connectivity index (χ3v) is 6.95. The predicted molar refractivity (Wildman–Crippen MR) is 134 cm³/mol. The van der Waals surface area contributed by atoms with Crippen LogP contribution in [-0.2, 0) is 28.7 Å². The van der Waals surface area contributed by atoms with Gasteiger partial charge in [0.2, 0.25) is 5.91 Å². The van der Waals surface area contributed by atoms with E-state index < -0.39 is 21.8 Å². The second-order valence-corrected chi connectivity index (χ2v) is 11.9. The van der Waals surface area contributed by atoms with Gasteiger partial charge in [-0.15, -0.1) is 0 Å². The monoisotopic (exact) mass is 469 g/mol. The molecule has 1 aromatic carbocycles. The molecule has 0 bridgehead atoms. The molecular weight excluding hydrogens is 434 g/mol. The summed E-state index contributed by atoms with van der Waals surface area (Å²) in [7, 11) is -1.36. The molecule has 33 heavy (non-hydrogen) atoms. The largest absolute Gasteiger partial charge is 0.464 e. The van der Waals surface area contributed by atoms with Crippen molar-refractivity contribution in [2.24, 2.45) is 5.92 Å². The smallest absolute Gasteiger partial charge is 0.240 e. The molecule has 3 aromatic rings. The molecule has 6 nitrogen and oxygen atoms in total. The molecular formula is C26H35N3O3S. The van der Waals surface area contributed by atoms with E-state index in [9.17, 15) is 9.00 Å². The lowest BCUT2D eigenvalue weighted by molar-refractivity contribution is -0.134. The Kier molecular flexibility index (Phi) is 8.43. The maximum Gasteiger partial charge on any atom is 0.240 e. The van der Waals surface area contributed by atoms with Crippen LogP contribution in [0.4, 0.5) is 0 Å². The molecule has 0 radical (unpaired) electrons. The van der Waals surface area contributed by atoms with E-state index in [4.69, 9.17) is 4.42 Å². The Hall–Kier alpha value is -2.51. The Morgan fingerprint density at radius 3 is 2.64 bits per heavy atom. The average Bonchev–Trinajstić information content (AvgIpc) is 3.23. The molecule has 2 aromatic heterocycles. The van der Waals surface area contributed by atoms with E-state index in [1.165, 1.54) is 0 Å². The van der Waals surface area contributed by atoms with Gasteiger partial charge in [0, 0.05) is 30.9 Å². The summed E-state index contributed by atoms with van der Waals surface area (Å²) in [5.74, 6) is 0.274. The van der Waals surface area contributed by atoms with Gasteiger partial charge in [-0.25, -0.2) is 8.93 Å². The van der Waals surface area contributed by atoms with Crippen molar-refractivity contribution >= 4 is 27.9 Å². The van der Waals surface area contributed by atoms with Crippen molar-refractivity contribution in [2.75, 3.05) is 6.54 Å². The van der Waals surface area contributed by atoms with Gasteiger partial charge in [-0.05, 0) is 74.9 Å². The van der Waals surface area contributed by atoms with Gasteiger partial charge in [-0.2, -0.15) is 0 Å². The van der Waals surface area contributed by atoms with Gasteiger partial charge in [0.25, 0.3) is 0 Å². The second-order valence-electron chi connectivity index (χ2n) is 9.86. The highest BCUT2D eigenvalue weighted by molar-refractivity contribution is 7.84. The highest BCUT2D eigenvalue weighted by Gasteiger charge is 2.30. The first-order chi connectivity index (χ1) is 15.6. The second kappa shape index (κ2) is 11.1. The standard InChI is InChI=1S/C26H35N3O3S/c1-19(2)17-29(18-21-9-11-24-22(15-21)12-14-32-24)25(30)23(28-33(31)26(3,4)5)10-8-20-7-6-13-27-16-20/h6-7,9,11-16,19,23,28H,8,10,17-18H2,1-5H3/t23-,33?/m0/s1. The number of nitrogens with zero attached hydrogens (tertiary/aromatic N) is 2. The van der Waals surface area contributed by atoms with E-state index in [0.29, 0.717) is 31.8 Å². The van der Waals surface area contributed by atoms with E-state index in [-0.39, 0.29) is 5.91 Å². The van der Waals surface area contributed by atoms with Crippen LogP contribution in [0.15, 0.2) is 59.5 Å². The first-order valence-electron chi connectivity index (χ1n) is 11.5. The first-order valence-corrected chi connectivity index (χ1v) is 12.6. The van der Waals surface area contributed by atoms with Crippen LogP contribution in [0.2, 0.25) is 0 Å². The van der Waals surface area contributed by atoms with Crippen LogP contribution in [0.5, 0.6) is 0 Å². The number of amides is 1. The van der Waals surface area contributed by atoms with Crippen molar-refractivity contribution in [1.82, 2.24) is 14.6 Å². The minimum absolute atomic E-state index is 0.0301. The summed E-state index contributed by atoms with van der Waals surface area (Å²) in [6.45, 7) is 11.0. The van der Waals surface area contributed by atoms with Gasteiger partial charge >= 0.3 is 0 Å². The fraction of sp³-hybridized carbons (Fsp3) is 0.462.